The Kier molecular flexibility index (Phi) is 9.53. The molecule has 1 aliphatic carbocycles. The SMILES string of the molecule is COC(=O)C(O)(O)CC=C=CC[C@H]1C(=O)CC[C@@H]1/C=C/CCOc1cccc(OC)c1. The fourth-order valence-corrected chi connectivity index (χ4v) is 3.40. The molecule has 168 valence electrons. The van der Waals surface area contributed by atoms with Gasteiger partial charge in [-0.3, -0.25) is 4.79 Å². The number of aliphatic hydroxyl groups is 2. The van der Waals surface area contributed by atoms with Gasteiger partial charge < -0.3 is 24.4 Å². The molecule has 1 fully saturated rings. The van der Waals surface area contributed by atoms with E-state index in [0.29, 0.717) is 19.4 Å². The molecule has 7 heteroatoms. The molecule has 2 N–H and O–H groups in total. The number of carbonyl (C=O) groups excluding carboxylic acids is 2. The topological polar surface area (TPSA) is 102 Å². The van der Waals surface area contributed by atoms with Crippen LogP contribution in [-0.2, 0) is 14.3 Å². The zero-order valence-electron chi connectivity index (χ0n) is 18.0. The highest BCUT2D eigenvalue weighted by Crippen LogP contribution is 2.32. The van der Waals surface area contributed by atoms with Crippen LogP contribution in [0.2, 0.25) is 0 Å². The number of methoxy groups -OCH3 is 2. The Morgan fingerprint density at radius 2 is 2.03 bits per heavy atom. The third-order valence-electron chi connectivity index (χ3n) is 5.14. The van der Waals surface area contributed by atoms with Gasteiger partial charge in [0.1, 0.15) is 17.3 Å². The number of carbonyl (C=O) groups is 2. The third kappa shape index (κ3) is 7.72. The van der Waals surface area contributed by atoms with Crippen molar-refractivity contribution in [3.8, 4) is 11.5 Å². The number of rotatable bonds is 11. The maximum Gasteiger partial charge on any atom is 0.366 e. The molecule has 1 aromatic carbocycles. The van der Waals surface area contributed by atoms with Crippen LogP contribution in [0.4, 0.5) is 0 Å². The van der Waals surface area contributed by atoms with E-state index in [1.807, 2.05) is 30.3 Å². The van der Waals surface area contributed by atoms with Crippen molar-refractivity contribution in [2.75, 3.05) is 20.8 Å². The highest BCUT2D eigenvalue weighted by molar-refractivity contribution is 5.83. The molecule has 0 amide bonds. The number of Topliss-reactive ketones (excluding diaryl/α,β-unsaturated/α-hetero) is 1. The fraction of sp³-hybridized carbons (Fsp3) is 0.458. The van der Waals surface area contributed by atoms with E-state index in [2.05, 4.69) is 16.5 Å². The minimum absolute atomic E-state index is 0.120. The van der Waals surface area contributed by atoms with Gasteiger partial charge in [0.2, 0.25) is 0 Å². The Morgan fingerprint density at radius 3 is 2.77 bits per heavy atom. The fourth-order valence-electron chi connectivity index (χ4n) is 3.40. The van der Waals surface area contributed by atoms with Crippen molar-refractivity contribution in [1.29, 1.82) is 0 Å². The third-order valence-corrected chi connectivity index (χ3v) is 5.14. The predicted octanol–water partition coefficient (Wildman–Crippen LogP) is 2.96. The van der Waals surface area contributed by atoms with Crippen molar-refractivity contribution in [1.82, 2.24) is 0 Å². The lowest BCUT2D eigenvalue weighted by molar-refractivity contribution is -0.205. The number of allylic oxidation sites excluding steroid dienone is 1. The van der Waals surface area contributed by atoms with Crippen molar-refractivity contribution >= 4 is 11.8 Å². The molecular formula is C24H30O7. The quantitative estimate of drug-likeness (QED) is 0.183. The molecule has 1 aliphatic rings. The molecule has 1 aromatic rings. The summed E-state index contributed by atoms with van der Waals surface area (Å²) in [6.45, 7) is 0.530. The van der Waals surface area contributed by atoms with E-state index in [1.165, 1.54) is 6.08 Å². The Hall–Kier alpha value is -2.86. The Bertz CT molecular complexity index is 834. The van der Waals surface area contributed by atoms with Crippen molar-refractivity contribution < 1.29 is 34.0 Å². The van der Waals surface area contributed by atoms with Gasteiger partial charge in [-0.2, -0.15) is 0 Å². The molecule has 0 radical (unpaired) electrons. The van der Waals surface area contributed by atoms with Crippen molar-refractivity contribution in [3.63, 3.8) is 0 Å². The smallest absolute Gasteiger partial charge is 0.366 e. The summed E-state index contributed by atoms with van der Waals surface area (Å²) in [5, 5.41) is 19.1. The summed E-state index contributed by atoms with van der Waals surface area (Å²) in [7, 11) is 2.69. The van der Waals surface area contributed by atoms with Crippen LogP contribution in [0.1, 0.15) is 32.1 Å². The highest BCUT2D eigenvalue weighted by atomic mass is 16.6. The van der Waals surface area contributed by atoms with E-state index in [1.54, 1.807) is 13.2 Å². The summed E-state index contributed by atoms with van der Waals surface area (Å²) < 4.78 is 15.2. The number of hydrogen-bond acceptors (Lipinski definition) is 7. The van der Waals surface area contributed by atoms with Gasteiger partial charge in [0.05, 0.1) is 20.8 Å². The molecule has 0 aliphatic heterocycles. The first-order valence-electron chi connectivity index (χ1n) is 10.3. The summed E-state index contributed by atoms with van der Waals surface area (Å²) in [4.78, 5) is 23.4. The van der Waals surface area contributed by atoms with Gasteiger partial charge in [-0.1, -0.05) is 18.2 Å². The first-order chi connectivity index (χ1) is 14.9. The van der Waals surface area contributed by atoms with Gasteiger partial charge in [-0.25, -0.2) is 4.79 Å². The normalized spacial score (nSPS) is 18.5. The number of hydrogen-bond donors (Lipinski definition) is 2. The van der Waals surface area contributed by atoms with Crippen LogP contribution in [0.25, 0.3) is 0 Å². The Balaban J connectivity index is 1.80. The summed E-state index contributed by atoms with van der Waals surface area (Å²) >= 11 is 0. The molecule has 0 aromatic heterocycles. The zero-order valence-corrected chi connectivity index (χ0v) is 18.0. The van der Waals surface area contributed by atoms with Crippen LogP contribution in [-0.4, -0.2) is 48.6 Å². The summed E-state index contributed by atoms with van der Waals surface area (Å²) in [6, 6.07) is 7.44. The second kappa shape index (κ2) is 12.1. The minimum Gasteiger partial charge on any atom is -0.497 e. The summed E-state index contributed by atoms with van der Waals surface area (Å²) in [5.41, 5.74) is 2.81. The van der Waals surface area contributed by atoms with E-state index in [4.69, 9.17) is 9.47 Å². The van der Waals surface area contributed by atoms with Gasteiger partial charge in [-0.15, -0.1) is 5.73 Å². The van der Waals surface area contributed by atoms with Gasteiger partial charge in [0.25, 0.3) is 5.79 Å². The molecule has 7 nitrogen and oxygen atoms in total. The molecule has 0 bridgehead atoms. The molecule has 0 spiro atoms. The van der Waals surface area contributed by atoms with E-state index in [-0.39, 0.29) is 24.0 Å². The lowest BCUT2D eigenvalue weighted by Gasteiger charge is -2.15. The van der Waals surface area contributed by atoms with Gasteiger partial charge in [-0.05, 0) is 49.5 Å². The lowest BCUT2D eigenvalue weighted by Crippen LogP contribution is -2.38. The van der Waals surface area contributed by atoms with Crippen molar-refractivity contribution in [2.24, 2.45) is 11.8 Å². The maximum atomic E-state index is 12.2. The van der Waals surface area contributed by atoms with Crippen LogP contribution in [0.5, 0.6) is 11.5 Å². The molecule has 2 atom stereocenters. The van der Waals surface area contributed by atoms with E-state index < -0.39 is 11.8 Å². The van der Waals surface area contributed by atoms with Crippen molar-refractivity contribution in [2.45, 2.75) is 37.9 Å². The molecule has 0 saturated heterocycles. The Morgan fingerprint density at radius 1 is 1.26 bits per heavy atom. The van der Waals surface area contributed by atoms with Crippen LogP contribution in [0, 0.1) is 11.8 Å². The van der Waals surface area contributed by atoms with Crippen LogP contribution >= 0.6 is 0 Å². The second-order valence-electron chi connectivity index (χ2n) is 7.34. The highest BCUT2D eigenvalue weighted by Gasteiger charge is 2.33. The first kappa shape index (κ1) is 24.4. The largest absolute Gasteiger partial charge is 0.497 e. The zero-order chi connectivity index (χ0) is 22.7. The van der Waals surface area contributed by atoms with Gasteiger partial charge in [0, 0.05) is 24.8 Å². The molecule has 31 heavy (non-hydrogen) atoms. The van der Waals surface area contributed by atoms with E-state index in [0.717, 1.165) is 31.5 Å². The minimum atomic E-state index is -2.57. The standard InChI is InChI=1S/C24H30O7/c1-29-19-10-8-11-20(17-19)31-16-7-5-9-18-13-14-22(25)21(18)12-4-3-6-15-24(27,28)23(26)30-2/h4-6,8-11,17-18,21,27-28H,7,12-16H2,1-2H3/b9-5+/t3?,18-,21+/m0/s1. The van der Waals surface area contributed by atoms with Gasteiger partial charge in [0.15, 0.2) is 0 Å². The number of ether oxygens (including phenoxy) is 3. The first-order valence-corrected chi connectivity index (χ1v) is 10.3. The number of benzene rings is 1. The molecule has 2 rings (SSSR count). The maximum absolute atomic E-state index is 12.2. The molecule has 0 heterocycles. The number of ketones is 1. The lowest BCUT2D eigenvalue weighted by atomic mass is 9.91. The Labute approximate surface area is 182 Å². The van der Waals surface area contributed by atoms with Crippen LogP contribution in [0.15, 0.2) is 54.3 Å². The molecular weight excluding hydrogens is 400 g/mol. The molecule has 0 unspecified atom stereocenters. The predicted molar refractivity (Wildman–Crippen MR) is 115 cm³/mol. The number of esters is 1. The summed E-state index contributed by atoms with van der Waals surface area (Å²) in [5.74, 6) is -1.95. The van der Waals surface area contributed by atoms with Gasteiger partial charge >= 0.3 is 5.97 Å². The average Bonchev–Trinajstić information content (AvgIpc) is 3.12. The van der Waals surface area contributed by atoms with Crippen LogP contribution < -0.4 is 9.47 Å². The second-order valence-corrected chi connectivity index (χ2v) is 7.34. The van der Waals surface area contributed by atoms with E-state index >= 15 is 0 Å². The average molecular weight is 430 g/mol. The monoisotopic (exact) mass is 430 g/mol. The summed E-state index contributed by atoms with van der Waals surface area (Å²) in [6.07, 6.45) is 9.41. The van der Waals surface area contributed by atoms with Crippen molar-refractivity contribution in [3.05, 3.63) is 54.3 Å². The van der Waals surface area contributed by atoms with Crippen LogP contribution in [0.3, 0.4) is 0 Å². The van der Waals surface area contributed by atoms with E-state index in [9.17, 15) is 19.8 Å². The molecule has 1 saturated carbocycles.